The Morgan fingerprint density at radius 2 is 2.43 bits per heavy atom. The minimum absolute atomic E-state index is 0.161. The molecule has 0 saturated carbocycles. The highest BCUT2D eigenvalue weighted by molar-refractivity contribution is 14.1. The van der Waals surface area contributed by atoms with Crippen LogP contribution in [-0.4, -0.2) is 20.8 Å². The molecule has 1 N–H and O–H groups in total. The Morgan fingerprint density at radius 1 is 1.79 bits per heavy atom. The van der Waals surface area contributed by atoms with Gasteiger partial charge in [0.15, 0.2) is 0 Å². The minimum Gasteiger partial charge on any atom is -0.393 e. The molecule has 0 aliphatic heterocycles. The zero-order chi connectivity index (χ0) is 10.7. The summed E-state index contributed by atoms with van der Waals surface area (Å²) in [6.45, 7) is 2.13. The molecule has 1 aromatic rings. The number of aliphatic hydroxyl groups is 1. The van der Waals surface area contributed by atoms with Crippen molar-refractivity contribution in [3.05, 3.63) is 25.4 Å². The van der Waals surface area contributed by atoms with Gasteiger partial charge in [-0.3, -0.25) is 9.36 Å². The maximum atomic E-state index is 11.6. The number of nitrogens with zero attached hydrogens (tertiary/aromatic N) is 2. The molecule has 0 aromatic carbocycles. The predicted molar refractivity (Wildman–Crippen MR) is 62.5 cm³/mol. The molecule has 0 amide bonds. The summed E-state index contributed by atoms with van der Waals surface area (Å²) in [4.78, 5) is 15.4. The third kappa shape index (κ3) is 2.93. The van der Waals surface area contributed by atoms with Gasteiger partial charge in [0, 0.05) is 6.54 Å². The summed E-state index contributed by atoms with van der Waals surface area (Å²) < 4.78 is 1.86. The van der Waals surface area contributed by atoms with Crippen LogP contribution in [0.25, 0.3) is 0 Å². The zero-order valence-corrected chi connectivity index (χ0v) is 10.5. The van der Waals surface area contributed by atoms with E-state index in [-0.39, 0.29) is 10.7 Å². The lowest BCUT2D eigenvalue weighted by atomic mass is 10.3. The molecule has 0 bridgehead atoms. The van der Waals surface area contributed by atoms with Crippen molar-refractivity contribution in [3.8, 4) is 0 Å². The van der Waals surface area contributed by atoms with Crippen molar-refractivity contribution < 1.29 is 5.11 Å². The molecule has 0 saturated heterocycles. The summed E-state index contributed by atoms with van der Waals surface area (Å²) in [6, 6.07) is 0. The fourth-order valence-corrected chi connectivity index (χ4v) is 1.50. The van der Waals surface area contributed by atoms with Gasteiger partial charge in [-0.2, -0.15) is 0 Å². The van der Waals surface area contributed by atoms with Gasteiger partial charge < -0.3 is 5.11 Å². The van der Waals surface area contributed by atoms with E-state index < -0.39 is 6.10 Å². The van der Waals surface area contributed by atoms with Crippen LogP contribution in [0.2, 0.25) is 5.15 Å². The average Bonchev–Trinajstić information content (AvgIpc) is 2.13. The molecule has 1 unspecified atom stereocenters. The van der Waals surface area contributed by atoms with Crippen molar-refractivity contribution in [2.75, 3.05) is 0 Å². The number of aliphatic hydroxyl groups excluding tert-OH is 1. The van der Waals surface area contributed by atoms with E-state index in [1.54, 1.807) is 6.92 Å². The molecule has 1 heterocycles. The molecule has 0 spiro atoms. The van der Waals surface area contributed by atoms with E-state index in [0.29, 0.717) is 16.5 Å². The van der Waals surface area contributed by atoms with E-state index in [1.807, 2.05) is 22.6 Å². The normalized spacial score (nSPS) is 12.9. The lowest BCUT2D eigenvalue weighted by Crippen LogP contribution is -2.24. The first-order valence-corrected chi connectivity index (χ1v) is 5.56. The maximum absolute atomic E-state index is 11.6. The van der Waals surface area contributed by atoms with Crippen molar-refractivity contribution in [1.29, 1.82) is 0 Å². The van der Waals surface area contributed by atoms with Crippen LogP contribution >= 0.6 is 34.2 Å². The predicted octanol–water partition coefficient (Wildman–Crippen LogP) is 1.27. The molecule has 14 heavy (non-hydrogen) atoms. The number of halogens is 2. The summed E-state index contributed by atoms with van der Waals surface area (Å²) >= 11 is 7.53. The molecule has 4 nitrogen and oxygen atoms in total. The van der Waals surface area contributed by atoms with E-state index in [1.165, 1.54) is 10.9 Å². The number of aryl methyl sites for hydroxylation is 1. The third-order valence-corrected chi connectivity index (χ3v) is 3.31. The molecule has 6 heteroatoms. The molecule has 0 fully saturated rings. The maximum Gasteiger partial charge on any atom is 0.268 e. The van der Waals surface area contributed by atoms with E-state index in [4.69, 9.17) is 16.7 Å². The van der Waals surface area contributed by atoms with Crippen molar-refractivity contribution >= 4 is 34.2 Å². The van der Waals surface area contributed by atoms with Gasteiger partial charge in [0.2, 0.25) is 0 Å². The van der Waals surface area contributed by atoms with Crippen LogP contribution < -0.4 is 5.56 Å². The van der Waals surface area contributed by atoms with Crippen LogP contribution in [0.1, 0.15) is 13.3 Å². The van der Waals surface area contributed by atoms with E-state index >= 15 is 0 Å². The Hall–Kier alpha value is -0.140. The summed E-state index contributed by atoms with van der Waals surface area (Å²) in [5, 5.41) is 9.29. The molecular formula is C8H10ClIN2O2. The quantitative estimate of drug-likeness (QED) is 0.671. The van der Waals surface area contributed by atoms with Crippen LogP contribution in [-0.2, 0) is 6.54 Å². The molecule has 0 aliphatic rings. The van der Waals surface area contributed by atoms with E-state index in [0.717, 1.165) is 0 Å². The summed E-state index contributed by atoms with van der Waals surface area (Å²) in [5.41, 5.74) is -0.161. The number of aromatic nitrogens is 2. The van der Waals surface area contributed by atoms with Crippen LogP contribution in [0.5, 0.6) is 0 Å². The first-order valence-electron chi connectivity index (χ1n) is 4.11. The second-order valence-electron chi connectivity index (χ2n) is 2.99. The number of rotatable bonds is 3. The molecule has 1 rings (SSSR count). The first-order chi connectivity index (χ1) is 6.52. The highest BCUT2D eigenvalue weighted by Crippen LogP contribution is 2.09. The zero-order valence-electron chi connectivity index (χ0n) is 7.57. The Bertz CT molecular complexity index is 378. The summed E-state index contributed by atoms with van der Waals surface area (Å²) in [6.07, 6.45) is 1.50. The fraction of sp³-hybridized carbons (Fsp3) is 0.500. The summed E-state index contributed by atoms with van der Waals surface area (Å²) in [7, 11) is 0. The SMILES string of the molecule is CC(O)CCn1cnc(Cl)c(I)c1=O. The van der Waals surface area contributed by atoms with Gasteiger partial charge >= 0.3 is 0 Å². The lowest BCUT2D eigenvalue weighted by Gasteiger charge is -2.07. The van der Waals surface area contributed by atoms with Gasteiger partial charge in [-0.15, -0.1) is 0 Å². The van der Waals surface area contributed by atoms with Crippen LogP contribution in [0.15, 0.2) is 11.1 Å². The van der Waals surface area contributed by atoms with Crippen LogP contribution in [0.3, 0.4) is 0 Å². The Kier molecular flexibility index (Phi) is 4.33. The average molecular weight is 329 g/mol. The van der Waals surface area contributed by atoms with Gasteiger partial charge in [0.05, 0.1) is 12.4 Å². The van der Waals surface area contributed by atoms with Gasteiger partial charge in [0.25, 0.3) is 5.56 Å². The number of hydrogen-bond acceptors (Lipinski definition) is 3. The second-order valence-corrected chi connectivity index (χ2v) is 4.42. The van der Waals surface area contributed by atoms with Gasteiger partial charge in [-0.05, 0) is 35.9 Å². The van der Waals surface area contributed by atoms with Crippen LogP contribution in [0, 0.1) is 3.57 Å². The van der Waals surface area contributed by atoms with Crippen molar-refractivity contribution in [3.63, 3.8) is 0 Å². The molecule has 78 valence electrons. The van der Waals surface area contributed by atoms with Gasteiger partial charge in [-0.1, -0.05) is 11.6 Å². The van der Waals surface area contributed by atoms with Crippen molar-refractivity contribution in [2.45, 2.75) is 26.0 Å². The van der Waals surface area contributed by atoms with E-state index in [2.05, 4.69) is 4.98 Å². The fourth-order valence-electron chi connectivity index (χ4n) is 0.929. The Labute approximate surface area is 100 Å². The van der Waals surface area contributed by atoms with Crippen LogP contribution in [0.4, 0.5) is 0 Å². The molecule has 0 aliphatic carbocycles. The molecule has 1 atom stereocenters. The Morgan fingerprint density at radius 3 is 3.00 bits per heavy atom. The molecule has 0 radical (unpaired) electrons. The first kappa shape index (κ1) is 11.9. The number of hydrogen-bond donors (Lipinski definition) is 1. The molecule has 1 aromatic heterocycles. The Balaban J connectivity index is 2.89. The third-order valence-electron chi connectivity index (χ3n) is 1.73. The monoisotopic (exact) mass is 328 g/mol. The molecular weight excluding hydrogens is 318 g/mol. The lowest BCUT2D eigenvalue weighted by molar-refractivity contribution is 0.177. The van der Waals surface area contributed by atoms with Gasteiger partial charge in [0.1, 0.15) is 8.72 Å². The van der Waals surface area contributed by atoms with Gasteiger partial charge in [-0.25, -0.2) is 4.98 Å². The second kappa shape index (κ2) is 5.09. The van der Waals surface area contributed by atoms with E-state index in [9.17, 15) is 4.79 Å². The largest absolute Gasteiger partial charge is 0.393 e. The minimum atomic E-state index is -0.421. The summed E-state index contributed by atoms with van der Waals surface area (Å²) in [5.74, 6) is 0. The standard InChI is InChI=1S/C8H10ClIN2O2/c1-5(13)2-3-12-4-11-7(9)6(10)8(12)14/h4-5,13H,2-3H2,1H3. The topological polar surface area (TPSA) is 55.1 Å². The van der Waals surface area contributed by atoms with Crippen molar-refractivity contribution in [1.82, 2.24) is 9.55 Å². The highest BCUT2D eigenvalue weighted by atomic mass is 127. The smallest absolute Gasteiger partial charge is 0.268 e. The van der Waals surface area contributed by atoms with Crippen molar-refractivity contribution in [2.24, 2.45) is 0 Å². The highest BCUT2D eigenvalue weighted by Gasteiger charge is 2.06.